The molecule has 4 rings (SSSR count). The first-order valence-corrected chi connectivity index (χ1v) is 9.73. The number of likely N-dealkylation sites (tertiary alicyclic amines) is 1. The fourth-order valence-electron chi connectivity index (χ4n) is 4.35. The molecule has 1 aromatic carbocycles. The zero-order valence-electron chi connectivity index (χ0n) is 16.9. The molecule has 1 atom stereocenters. The van der Waals surface area contributed by atoms with Gasteiger partial charge in [-0.1, -0.05) is 11.2 Å². The SMILES string of the molecule is COc1cc(CN2CCC3(CCNC3)C2)ccc1OCc1c(C)noc1C.Cl. The highest BCUT2D eigenvalue weighted by Crippen LogP contribution is 2.37. The first-order chi connectivity index (χ1) is 13.1. The third kappa shape index (κ3) is 4.29. The van der Waals surface area contributed by atoms with Gasteiger partial charge in [0.2, 0.25) is 0 Å². The van der Waals surface area contributed by atoms with Crippen LogP contribution >= 0.6 is 12.4 Å². The highest BCUT2D eigenvalue weighted by atomic mass is 35.5. The summed E-state index contributed by atoms with van der Waals surface area (Å²) in [5, 5.41) is 7.50. The monoisotopic (exact) mass is 407 g/mol. The average molecular weight is 408 g/mol. The van der Waals surface area contributed by atoms with Crippen LogP contribution in [-0.2, 0) is 13.2 Å². The summed E-state index contributed by atoms with van der Waals surface area (Å²) >= 11 is 0. The van der Waals surface area contributed by atoms with Crippen LogP contribution in [0.4, 0.5) is 0 Å². The van der Waals surface area contributed by atoms with E-state index in [1.165, 1.54) is 44.6 Å². The zero-order chi connectivity index (χ0) is 18.9. The zero-order valence-corrected chi connectivity index (χ0v) is 17.7. The smallest absolute Gasteiger partial charge is 0.161 e. The number of aromatic nitrogens is 1. The third-order valence-electron chi connectivity index (χ3n) is 6.04. The van der Waals surface area contributed by atoms with Crippen LogP contribution < -0.4 is 14.8 Å². The second-order valence-electron chi connectivity index (χ2n) is 7.96. The van der Waals surface area contributed by atoms with Gasteiger partial charge in [0.15, 0.2) is 11.5 Å². The molecular weight excluding hydrogens is 378 g/mol. The third-order valence-corrected chi connectivity index (χ3v) is 6.04. The lowest BCUT2D eigenvalue weighted by Crippen LogP contribution is -2.28. The number of methoxy groups -OCH3 is 1. The molecule has 0 aliphatic carbocycles. The largest absolute Gasteiger partial charge is 0.493 e. The average Bonchev–Trinajstić information content (AvgIpc) is 3.37. The Kier molecular flexibility index (Phi) is 6.53. The lowest BCUT2D eigenvalue weighted by molar-refractivity contribution is 0.266. The Labute approximate surface area is 173 Å². The maximum atomic E-state index is 5.99. The first kappa shape index (κ1) is 21.0. The number of rotatable bonds is 6. The van der Waals surface area contributed by atoms with Crippen LogP contribution in [0.1, 0.15) is 35.4 Å². The summed E-state index contributed by atoms with van der Waals surface area (Å²) in [7, 11) is 1.69. The summed E-state index contributed by atoms with van der Waals surface area (Å²) < 4.78 is 16.8. The summed E-state index contributed by atoms with van der Waals surface area (Å²) in [5.74, 6) is 2.32. The van der Waals surface area contributed by atoms with Crippen molar-refractivity contribution < 1.29 is 14.0 Å². The fourth-order valence-corrected chi connectivity index (χ4v) is 4.35. The van der Waals surface area contributed by atoms with Crippen molar-refractivity contribution in [2.24, 2.45) is 5.41 Å². The minimum atomic E-state index is 0. The molecule has 7 heteroatoms. The second-order valence-corrected chi connectivity index (χ2v) is 7.96. The standard InChI is InChI=1S/C21H29N3O3.ClH/c1-15-18(16(2)27-23-15)12-26-19-5-4-17(10-20(19)25-3)11-24-9-7-21(14-24)6-8-22-13-21;/h4-5,10,22H,6-9,11-14H2,1-3H3;1H. The summed E-state index contributed by atoms with van der Waals surface area (Å²) in [6.07, 6.45) is 2.61. The van der Waals surface area contributed by atoms with E-state index in [1.807, 2.05) is 19.9 Å². The van der Waals surface area contributed by atoms with E-state index in [4.69, 9.17) is 14.0 Å². The Bertz CT molecular complexity index is 783. The molecule has 2 aliphatic rings. The van der Waals surface area contributed by atoms with Gasteiger partial charge in [0.25, 0.3) is 0 Å². The maximum absolute atomic E-state index is 5.99. The van der Waals surface area contributed by atoms with Gasteiger partial charge in [0.05, 0.1) is 18.4 Å². The Morgan fingerprint density at radius 1 is 1.25 bits per heavy atom. The quantitative estimate of drug-likeness (QED) is 0.791. The minimum absolute atomic E-state index is 0. The van der Waals surface area contributed by atoms with Gasteiger partial charge in [0.1, 0.15) is 12.4 Å². The predicted molar refractivity (Wildman–Crippen MR) is 110 cm³/mol. The second kappa shape index (κ2) is 8.72. The number of benzene rings is 1. The predicted octanol–water partition coefficient (Wildman–Crippen LogP) is 3.49. The van der Waals surface area contributed by atoms with Crippen molar-refractivity contribution in [3.8, 4) is 11.5 Å². The van der Waals surface area contributed by atoms with E-state index >= 15 is 0 Å². The Morgan fingerprint density at radius 3 is 2.79 bits per heavy atom. The van der Waals surface area contributed by atoms with Crippen LogP contribution in [-0.4, -0.2) is 43.3 Å². The molecule has 1 spiro atoms. The number of nitrogens with zero attached hydrogens (tertiary/aromatic N) is 2. The van der Waals surface area contributed by atoms with Crippen molar-refractivity contribution >= 4 is 12.4 Å². The van der Waals surface area contributed by atoms with Crippen molar-refractivity contribution in [2.45, 2.75) is 39.8 Å². The van der Waals surface area contributed by atoms with E-state index in [0.29, 0.717) is 12.0 Å². The molecule has 0 radical (unpaired) electrons. The molecule has 0 amide bonds. The van der Waals surface area contributed by atoms with E-state index in [0.717, 1.165) is 35.1 Å². The lowest BCUT2D eigenvalue weighted by Gasteiger charge is -2.23. The summed E-state index contributed by atoms with van der Waals surface area (Å²) in [5.41, 5.74) is 3.63. The van der Waals surface area contributed by atoms with Gasteiger partial charge < -0.3 is 19.3 Å². The van der Waals surface area contributed by atoms with Crippen molar-refractivity contribution in [3.63, 3.8) is 0 Å². The van der Waals surface area contributed by atoms with Crippen LogP contribution in [0.5, 0.6) is 11.5 Å². The highest BCUT2D eigenvalue weighted by Gasteiger charge is 2.40. The first-order valence-electron chi connectivity index (χ1n) is 9.73. The van der Waals surface area contributed by atoms with Gasteiger partial charge in [-0.2, -0.15) is 0 Å². The van der Waals surface area contributed by atoms with E-state index in [2.05, 4.69) is 27.5 Å². The molecular formula is C21H30ClN3O3. The van der Waals surface area contributed by atoms with Crippen molar-refractivity contribution in [1.82, 2.24) is 15.4 Å². The van der Waals surface area contributed by atoms with Crippen LogP contribution in [0.25, 0.3) is 0 Å². The molecule has 1 aromatic heterocycles. The summed E-state index contributed by atoms with van der Waals surface area (Å²) in [6, 6.07) is 6.25. The van der Waals surface area contributed by atoms with E-state index in [1.54, 1.807) is 7.11 Å². The molecule has 2 saturated heterocycles. The van der Waals surface area contributed by atoms with Crippen LogP contribution in [0, 0.1) is 19.3 Å². The molecule has 2 aliphatic heterocycles. The Hall–Kier alpha value is -1.76. The molecule has 0 bridgehead atoms. The molecule has 6 nitrogen and oxygen atoms in total. The van der Waals surface area contributed by atoms with Crippen molar-refractivity contribution in [2.75, 3.05) is 33.3 Å². The molecule has 1 N–H and O–H groups in total. The molecule has 2 aromatic rings. The van der Waals surface area contributed by atoms with Gasteiger partial charge in [-0.05, 0) is 62.9 Å². The number of hydrogen-bond acceptors (Lipinski definition) is 6. The number of nitrogens with one attached hydrogen (secondary N) is 1. The van der Waals surface area contributed by atoms with Crippen molar-refractivity contribution in [3.05, 3.63) is 40.8 Å². The van der Waals surface area contributed by atoms with Gasteiger partial charge in [0, 0.05) is 19.6 Å². The Morgan fingerprint density at radius 2 is 2.11 bits per heavy atom. The molecule has 1 unspecified atom stereocenters. The van der Waals surface area contributed by atoms with Crippen LogP contribution in [0.3, 0.4) is 0 Å². The van der Waals surface area contributed by atoms with Gasteiger partial charge in [-0.25, -0.2) is 0 Å². The van der Waals surface area contributed by atoms with Crippen LogP contribution in [0.2, 0.25) is 0 Å². The van der Waals surface area contributed by atoms with E-state index in [-0.39, 0.29) is 12.4 Å². The summed E-state index contributed by atoms with van der Waals surface area (Å²) in [4.78, 5) is 2.56. The topological polar surface area (TPSA) is 59.8 Å². The lowest BCUT2D eigenvalue weighted by atomic mass is 9.86. The fraction of sp³-hybridized carbons (Fsp3) is 0.571. The van der Waals surface area contributed by atoms with E-state index < -0.39 is 0 Å². The molecule has 154 valence electrons. The number of hydrogen-bond donors (Lipinski definition) is 1. The summed E-state index contributed by atoms with van der Waals surface area (Å²) in [6.45, 7) is 9.92. The van der Waals surface area contributed by atoms with Gasteiger partial charge >= 0.3 is 0 Å². The van der Waals surface area contributed by atoms with Gasteiger partial charge in [-0.15, -0.1) is 12.4 Å². The van der Waals surface area contributed by atoms with E-state index in [9.17, 15) is 0 Å². The minimum Gasteiger partial charge on any atom is -0.493 e. The van der Waals surface area contributed by atoms with Gasteiger partial charge in [-0.3, -0.25) is 4.90 Å². The number of halogens is 1. The Balaban J connectivity index is 0.00000225. The van der Waals surface area contributed by atoms with Crippen molar-refractivity contribution in [1.29, 1.82) is 0 Å². The normalized spacial score (nSPS) is 21.8. The molecule has 28 heavy (non-hydrogen) atoms. The molecule has 2 fully saturated rings. The highest BCUT2D eigenvalue weighted by molar-refractivity contribution is 5.85. The number of ether oxygens (including phenoxy) is 2. The number of aryl methyl sites for hydroxylation is 2. The molecule has 0 saturated carbocycles. The molecule has 3 heterocycles. The maximum Gasteiger partial charge on any atom is 0.161 e. The van der Waals surface area contributed by atoms with Crippen LogP contribution in [0.15, 0.2) is 22.7 Å².